The highest BCUT2D eigenvalue weighted by molar-refractivity contribution is 7.26. The molecular formula is C53H37NS. The molecule has 0 N–H and O–H groups in total. The Morgan fingerprint density at radius 2 is 1.00 bits per heavy atom. The van der Waals surface area contributed by atoms with Gasteiger partial charge in [0.2, 0.25) is 0 Å². The standard InChI is InChI=1S/C53H37NS/c1-53(2)48-22-8-5-16-42(48)47-33-37(29-32-49(47)53)54(50-23-9-6-17-43(50)40-20-11-14-34-13-3-4-15-38(34)40)36-27-25-35(26-28-36)39-19-12-21-45-41(39)30-31-46-44-18-7-10-24-51(44)55-52(45)46/h3-33H,1-2H3. The smallest absolute Gasteiger partial charge is 0.0540 e. The molecule has 2 heteroatoms. The van der Waals surface area contributed by atoms with Crippen molar-refractivity contribution in [1.29, 1.82) is 0 Å². The molecule has 0 radical (unpaired) electrons. The number of hydrogen-bond acceptors (Lipinski definition) is 2. The zero-order valence-corrected chi connectivity index (χ0v) is 31.6. The molecule has 1 aromatic heterocycles. The van der Waals surface area contributed by atoms with Gasteiger partial charge in [0, 0.05) is 47.9 Å². The highest BCUT2D eigenvalue weighted by Crippen LogP contribution is 2.51. The Balaban J connectivity index is 1.09. The van der Waals surface area contributed by atoms with Crippen molar-refractivity contribution >= 4 is 70.1 Å². The van der Waals surface area contributed by atoms with Crippen molar-refractivity contribution in [2.75, 3.05) is 4.90 Å². The lowest BCUT2D eigenvalue weighted by Gasteiger charge is -2.29. The largest absolute Gasteiger partial charge is 0.310 e. The highest BCUT2D eigenvalue weighted by Gasteiger charge is 2.35. The minimum atomic E-state index is -0.0579. The van der Waals surface area contributed by atoms with Gasteiger partial charge < -0.3 is 4.90 Å². The molecule has 9 aromatic carbocycles. The Morgan fingerprint density at radius 3 is 1.89 bits per heavy atom. The van der Waals surface area contributed by atoms with E-state index in [0.717, 1.165) is 17.1 Å². The fraction of sp³-hybridized carbons (Fsp3) is 0.0566. The molecule has 1 aliphatic rings. The lowest BCUT2D eigenvalue weighted by atomic mass is 9.82. The van der Waals surface area contributed by atoms with E-state index in [2.05, 4.69) is 207 Å². The molecule has 0 atom stereocenters. The average Bonchev–Trinajstić information content (AvgIpc) is 3.73. The van der Waals surface area contributed by atoms with E-state index in [1.54, 1.807) is 0 Å². The summed E-state index contributed by atoms with van der Waals surface area (Å²) < 4.78 is 2.69. The molecule has 1 aliphatic carbocycles. The third-order valence-electron chi connectivity index (χ3n) is 11.9. The summed E-state index contributed by atoms with van der Waals surface area (Å²) >= 11 is 1.89. The second-order valence-electron chi connectivity index (χ2n) is 15.3. The molecule has 10 aromatic rings. The van der Waals surface area contributed by atoms with Crippen LogP contribution in [0.3, 0.4) is 0 Å². The van der Waals surface area contributed by atoms with Gasteiger partial charge in [-0.2, -0.15) is 0 Å². The molecule has 1 heterocycles. The van der Waals surface area contributed by atoms with Crippen molar-refractivity contribution in [3.63, 3.8) is 0 Å². The number of para-hydroxylation sites is 1. The van der Waals surface area contributed by atoms with Crippen LogP contribution < -0.4 is 4.90 Å². The lowest BCUT2D eigenvalue weighted by molar-refractivity contribution is 0.660. The Bertz CT molecular complexity index is 3120. The summed E-state index contributed by atoms with van der Waals surface area (Å²) in [5.41, 5.74) is 13.6. The van der Waals surface area contributed by atoms with Gasteiger partial charge in [-0.15, -0.1) is 11.3 Å². The van der Waals surface area contributed by atoms with E-state index in [9.17, 15) is 0 Å². The first-order valence-electron chi connectivity index (χ1n) is 19.1. The molecular weight excluding hydrogens is 683 g/mol. The Kier molecular flexibility index (Phi) is 7.14. The van der Waals surface area contributed by atoms with Crippen molar-refractivity contribution in [1.82, 2.24) is 0 Å². The average molecular weight is 720 g/mol. The summed E-state index contributed by atoms with van der Waals surface area (Å²) in [5.74, 6) is 0. The first kappa shape index (κ1) is 32.0. The number of benzene rings is 9. The molecule has 0 amide bonds. The van der Waals surface area contributed by atoms with Gasteiger partial charge in [-0.3, -0.25) is 0 Å². The lowest BCUT2D eigenvalue weighted by Crippen LogP contribution is -2.15. The summed E-state index contributed by atoms with van der Waals surface area (Å²) in [6, 6.07) is 69.6. The number of nitrogens with zero attached hydrogens (tertiary/aromatic N) is 1. The Labute approximate surface area is 325 Å². The fourth-order valence-electron chi connectivity index (χ4n) is 9.21. The van der Waals surface area contributed by atoms with Gasteiger partial charge >= 0.3 is 0 Å². The molecule has 0 spiro atoms. The predicted molar refractivity (Wildman–Crippen MR) is 237 cm³/mol. The van der Waals surface area contributed by atoms with Crippen LogP contribution in [0.5, 0.6) is 0 Å². The van der Waals surface area contributed by atoms with Gasteiger partial charge in [0.1, 0.15) is 0 Å². The third-order valence-corrected chi connectivity index (χ3v) is 13.1. The molecule has 1 nitrogen and oxygen atoms in total. The normalized spacial score (nSPS) is 13.1. The molecule has 11 rings (SSSR count). The minimum Gasteiger partial charge on any atom is -0.310 e. The fourth-order valence-corrected chi connectivity index (χ4v) is 10.4. The van der Waals surface area contributed by atoms with Gasteiger partial charge in [-0.05, 0) is 91.5 Å². The van der Waals surface area contributed by atoms with E-state index in [-0.39, 0.29) is 5.41 Å². The van der Waals surface area contributed by atoms with Crippen LogP contribution in [0.4, 0.5) is 17.1 Å². The van der Waals surface area contributed by atoms with Crippen LogP contribution in [0.15, 0.2) is 188 Å². The molecule has 0 bridgehead atoms. The number of hydrogen-bond donors (Lipinski definition) is 0. The van der Waals surface area contributed by atoms with Crippen molar-refractivity contribution in [2.24, 2.45) is 0 Å². The molecule has 0 saturated carbocycles. The summed E-state index contributed by atoms with van der Waals surface area (Å²) in [4.78, 5) is 2.46. The quantitative estimate of drug-likeness (QED) is 0.171. The molecule has 0 unspecified atom stereocenters. The van der Waals surface area contributed by atoms with Crippen LogP contribution in [0, 0.1) is 0 Å². The van der Waals surface area contributed by atoms with Crippen LogP contribution in [0.25, 0.3) is 75.1 Å². The second-order valence-corrected chi connectivity index (χ2v) is 16.3. The van der Waals surface area contributed by atoms with Gasteiger partial charge in [0.05, 0.1) is 5.69 Å². The van der Waals surface area contributed by atoms with E-state index < -0.39 is 0 Å². The first-order valence-corrected chi connectivity index (χ1v) is 19.9. The highest BCUT2D eigenvalue weighted by atomic mass is 32.1. The second kappa shape index (κ2) is 12.3. The molecule has 55 heavy (non-hydrogen) atoms. The van der Waals surface area contributed by atoms with E-state index in [0.29, 0.717) is 0 Å². The van der Waals surface area contributed by atoms with Crippen LogP contribution in [-0.4, -0.2) is 0 Å². The summed E-state index contributed by atoms with van der Waals surface area (Å²) in [6.45, 7) is 4.70. The van der Waals surface area contributed by atoms with Gasteiger partial charge in [0.15, 0.2) is 0 Å². The Hall–Kier alpha value is -6.48. The maximum Gasteiger partial charge on any atom is 0.0540 e. The monoisotopic (exact) mass is 719 g/mol. The van der Waals surface area contributed by atoms with Gasteiger partial charge in [-0.1, -0.05) is 166 Å². The van der Waals surface area contributed by atoms with Crippen molar-refractivity contribution in [2.45, 2.75) is 19.3 Å². The van der Waals surface area contributed by atoms with Crippen molar-refractivity contribution in [3.8, 4) is 33.4 Å². The van der Waals surface area contributed by atoms with Crippen molar-refractivity contribution < 1.29 is 0 Å². The van der Waals surface area contributed by atoms with Gasteiger partial charge in [0.25, 0.3) is 0 Å². The van der Waals surface area contributed by atoms with Crippen LogP contribution in [0.2, 0.25) is 0 Å². The van der Waals surface area contributed by atoms with E-state index >= 15 is 0 Å². The predicted octanol–water partition coefficient (Wildman–Crippen LogP) is 15.5. The first-order chi connectivity index (χ1) is 27.0. The topological polar surface area (TPSA) is 3.24 Å². The summed E-state index contributed by atoms with van der Waals surface area (Å²) in [7, 11) is 0. The SMILES string of the molecule is CC1(C)c2ccccc2-c2cc(N(c3ccc(-c4cccc5c4ccc4c6ccccc6sc54)cc3)c3ccccc3-c3cccc4ccccc34)ccc21. The van der Waals surface area contributed by atoms with E-state index in [1.807, 2.05) is 11.3 Å². The van der Waals surface area contributed by atoms with E-state index in [4.69, 9.17) is 0 Å². The maximum atomic E-state index is 2.46. The van der Waals surface area contributed by atoms with Crippen LogP contribution in [0.1, 0.15) is 25.0 Å². The number of rotatable bonds is 5. The number of anilines is 3. The Morgan fingerprint density at radius 1 is 0.400 bits per heavy atom. The molecule has 0 aliphatic heterocycles. The summed E-state index contributed by atoms with van der Waals surface area (Å²) in [6.07, 6.45) is 0. The molecule has 260 valence electrons. The maximum absolute atomic E-state index is 2.46. The van der Waals surface area contributed by atoms with Crippen molar-refractivity contribution in [3.05, 3.63) is 199 Å². The molecule has 0 fully saturated rings. The number of thiophene rings is 1. The number of fused-ring (bicyclic) bond motifs is 9. The van der Waals surface area contributed by atoms with Crippen LogP contribution >= 0.6 is 11.3 Å². The van der Waals surface area contributed by atoms with E-state index in [1.165, 1.54) is 86.2 Å². The van der Waals surface area contributed by atoms with Crippen LogP contribution in [-0.2, 0) is 5.41 Å². The van der Waals surface area contributed by atoms with Gasteiger partial charge in [-0.25, -0.2) is 0 Å². The zero-order chi connectivity index (χ0) is 36.7. The summed E-state index contributed by atoms with van der Waals surface area (Å²) in [5, 5.41) is 7.76. The zero-order valence-electron chi connectivity index (χ0n) is 30.8. The molecule has 0 saturated heterocycles. The minimum absolute atomic E-state index is 0.0579. The third kappa shape index (κ3) is 4.92.